The monoisotopic (exact) mass is 540 g/mol. The summed E-state index contributed by atoms with van der Waals surface area (Å²) in [4.78, 5) is 37.4. The van der Waals surface area contributed by atoms with Gasteiger partial charge in [-0.2, -0.15) is 0 Å². The molecule has 3 heterocycles. The third-order valence-corrected chi connectivity index (χ3v) is 7.96. The molecule has 3 aromatic carbocycles. The van der Waals surface area contributed by atoms with E-state index in [1.54, 1.807) is 4.90 Å². The summed E-state index contributed by atoms with van der Waals surface area (Å²) in [6, 6.07) is 19.1. The molecule has 0 radical (unpaired) electrons. The second-order valence-electron chi connectivity index (χ2n) is 9.78. The minimum absolute atomic E-state index is 0.135. The van der Waals surface area contributed by atoms with Gasteiger partial charge >= 0.3 is 0 Å². The van der Waals surface area contributed by atoms with Crippen LogP contribution in [0.3, 0.4) is 0 Å². The molecule has 0 aliphatic carbocycles. The number of carbonyl (C=O) groups is 2. The van der Waals surface area contributed by atoms with Crippen LogP contribution in [-0.2, 0) is 21.9 Å². The molecule has 0 fully saturated rings. The van der Waals surface area contributed by atoms with Crippen molar-refractivity contribution in [3.63, 3.8) is 0 Å². The van der Waals surface area contributed by atoms with Crippen LogP contribution in [0.15, 0.2) is 70.6 Å². The zero-order valence-corrected chi connectivity index (χ0v) is 22.6. The second kappa shape index (κ2) is 10.6. The minimum atomic E-state index is -0.630. The molecule has 198 valence electrons. The fourth-order valence-electron chi connectivity index (χ4n) is 4.84. The number of fused-ring (bicyclic) bond motifs is 4. The first-order valence-corrected chi connectivity index (χ1v) is 13.9. The summed E-state index contributed by atoms with van der Waals surface area (Å²) in [6.45, 7) is 4.76. The molecule has 0 bridgehead atoms. The highest BCUT2D eigenvalue weighted by Gasteiger charge is 2.41. The summed E-state index contributed by atoms with van der Waals surface area (Å²) in [5.41, 5.74) is 6.18. The minimum Gasteiger partial charge on any atom is -0.454 e. The predicted octanol–water partition coefficient (Wildman–Crippen LogP) is 5.02. The van der Waals surface area contributed by atoms with E-state index in [9.17, 15) is 9.59 Å². The summed E-state index contributed by atoms with van der Waals surface area (Å²) >= 11 is 1.53. The molecule has 9 heteroatoms. The van der Waals surface area contributed by atoms with Gasteiger partial charge in [-0.05, 0) is 61.2 Å². The van der Waals surface area contributed by atoms with Crippen molar-refractivity contribution in [3.8, 4) is 11.5 Å². The van der Waals surface area contributed by atoms with Crippen molar-refractivity contribution >= 4 is 40.3 Å². The van der Waals surface area contributed by atoms with Gasteiger partial charge in [0.25, 0.3) is 5.91 Å². The SMILES string of the molecule is Cc1ccc(CSC2=Nc3ccccc3C3=N[C@H](CCC(=O)NCc4ccc5c(c4)OCO5)C(=O)N23)c(C)c1. The number of ether oxygens (including phenoxy) is 2. The highest BCUT2D eigenvalue weighted by molar-refractivity contribution is 8.13. The Morgan fingerprint density at radius 1 is 1.08 bits per heavy atom. The molecule has 0 saturated carbocycles. The molecule has 2 amide bonds. The van der Waals surface area contributed by atoms with Gasteiger partial charge in [0.1, 0.15) is 11.9 Å². The molecule has 8 nitrogen and oxygen atoms in total. The lowest BCUT2D eigenvalue weighted by Crippen LogP contribution is -2.41. The fourth-order valence-corrected chi connectivity index (χ4v) is 5.92. The number of aryl methyl sites for hydroxylation is 2. The quantitative estimate of drug-likeness (QED) is 0.454. The zero-order chi connectivity index (χ0) is 26.9. The van der Waals surface area contributed by atoms with E-state index < -0.39 is 6.04 Å². The van der Waals surface area contributed by atoms with Crippen LogP contribution in [0.2, 0.25) is 0 Å². The van der Waals surface area contributed by atoms with Crippen LogP contribution in [0.4, 0.5) is 5.69 Å². The average Bonchev–Trinajstić information content (AvgIpc) is 3.54. The number of para-hydroxylation sites is 1. The molecular formula is C30H28N4O4S. The number of nitrogens with one attached hydrogen (secondary N) is 1. The maximum Gasteiger partial charge on any atom is 0.259 e. The Hall–Kier alpha value is -4.11. The number of benzene rings is 3. The lowest BCUT2D eigenvalue weighted by atomic mass is 10.1. The summed E-state index contributed by atoms with van der Waals surface area (Å²) < 4.78 is 10.7. The molecule has 1 N–H and O–H groups in total. The van der Waals surface area contributed by atoms with Crippen LogP contribution in [0, 0.1) is 13.8 Å². The Morgan fingerprint density at radius 3 is 2.79 bits per heavy atom. The van der Waals surface area contributed by atoms with E-state index in [4.69, 9.17) is 19.5 Å². The van der Waals surface area contributed by atoms with E-state index in [0.29, 0.717) is 41.2 Å². The Bertz CT molecular complexity index is 1530. The Balaban J connectivity index is 1.12. The largest absolute Gasteiger partial charge is 0.454 e. The van der Waals surface area contributed by atoms with Crippen LogP contribution < -0.4 is 14.8 Å². The number of nitrogens with zero attached hydrogens (tertiary/aromatic N) is 3. The van der Waals surface area contributed by atoms with Gasteiger partial charge < -0.3 is 14.8 Å². The number of hydrogen-bond donors (Lipinski definition) is 1. The third kappa shape index (κ3) is 5.14. The number of rotatable bonds is 7. The highest BCUT2D eigenvalue weighted by Crippen LogP contribution is 2.35. The van der Waals surface area contributed by atoms with E-state index in [-0.39, 0.29) is 25.0 Å². The normalized spacial score (nSPS) is 16.9. The fraction of sp³-hybridized carbons (Fsp3) is 0.267. The first-order valence-electron chi connectivity index (χ1n) is 12.9. The van der Waals surface area contributed by atoms with E-state index >= 15 is 0 Å². The van der Waals surface area contributed by atoms with Crippen molar-refractivity contribution in [2.75, 3.05) is 6.79 Å². The number of amides is 2. The van der Waals surface area contributed by atoms with Gasteiger partial charge in [-0.25, -0.2) is 9.89 Å². The van der Waals surface area contributed by atoms with E-state index in [1.807, 2.05) is 42.5 Å². The first-order chi connectivity index (χ1) is 19.0. The van der Waals surface area contributed by atoms with Gasteiger partial charge in [-0.1, -0.05) is 53.7 Å². The van der Waals surface area contributed by atoms with Gasteiger partial charge in [-0.3, -0.25) is 14.6 Å². The van der Waals surface area contributed by atoms with Crippen molar-refractivity contribution in [3.05, 3.63) is 88.5 Å². The molecular weight excluding hydrogens is 512 g/mol. The molecule has 0 saturated heterocycles. The first kappa shape index (κ1) is 25.2. The van der Waals surface area contributed by atoms with Gasteiger partial charge in [0, 0.05) is 24.3 Å². The highest BCUT2D eigenvalue weighted by atomic mass is 32.2. The summed E-state index contributed by atoms with van der Waals surface area (Å²) in [5, 5.41) is 3.54. The molecule has 3 aliphatic heterocycles. The van der Waals surface area contributed by atoms with E-state index in [1.165, 1.54) is 28.5 Å². The molecule has 0 aromatic heterocycles. The molecule has 3 aromatic rings. The maximum atomic E-state index is 13.5. The second-order valence-corrected chi connectivity index (χ2v) is 10.7. The number of hydrogen-bond acceptors (Lipinski definition) is 7. The summed E-state index contributed by atoms with van der Waals surface area (Å²) in [7, 11) is 0. The van der Waals surface area contributed by atoms with Crippen molar-refractivity contribution in [2.24, 2.45) is 9.98 Å². The molecule has 6 rings (SSSR count). The van der Waals surface area contributed by atoms with Crippen LogP contribution in [0.5, 0.6) is 11.5 Å². The van der Waals surface area contributed by atoms with Crippen molar-refractivity contribution < 1.29 is 19.1 Å². The Morgan fingerprint density at radius 2 is 1.92 bits per heavy atom. The van der Waals surface area contributed by atoms with Crippen molar-refractivity contribution in [2.45, 2.75) is 45.0 Å². The van der Waals surface area contributed by atoms with E-state index in [0.717, 1.165) is 16.8 Å². The lowest BCUT2D eigenvalue weighted by Gasteiger charge is -2.25. The predicted molar refractivity (Wildman–Crippen MR) is 152 cm³/mol. The zero-order valence-electron chi connectivity index (χ0n) is 21.8. The molecule has 1 atom stereocenters. The van der Waals surface area contributed by atoms with Gasteiger partial charge in [0.05, 0.1) is 5.69 Å². The van der Waals surface area contributed by atoms with Crippen LogP contribution in [0.25, 0.3) is 0 Å². The average molecular weight is 541 g/mol. The van der Waals surface area contributed by atoms with Crippen molar-refractivity contribution in [1.29, 1.82) is 0 Å². The Labute approximate surface area is 231 Å². The number of aliphatic imine (C=N–C) groups is 2. The van der Waals surface area contributed by atoms with Gasteiger partial charge in [0.2, 0.25) is 12.7 Å². The Kier molecular flexibility index (Phi) is 6.83. The molecule has 0 spiro atoms. The van der Waals surface area contributed by atoms with E-state index in [2.05, 4.69) is 37.4 Å². The van der Waals surface area contributed by atoms with Crippen LogP contribution >= 0.6 is 11.8 Å². The summed E-state index contributed by atoms with van der Waals surface area (Å²) in [5.74, 6) is 2.41. The molecule has 39 heavy (non-hydrogen) atoms. The standard InChI is InChI=1S/C30H28N4O4S/c1-18-7-9-21(19(2)13-18)16-39-30-33-23-6-4-3-5-22(23)28-32-24(29(36)34(28)30)10-12-27(35)31-15-20-8-11-25-26(14-20)38-17-37-25/h3-9,11,13-14,24H,10,12,15-17H2,1-2H3,(H,31,35)/t24-/m1/s1. The molecule has 3 aliphatic rings. The number of carbonyl (C=O) groups excluding carboxylic acids is 2. The summed E-state index contributed by atoms with van der Waals surface area (Å²) in [6.07, 6.45) is 0.512. The van der Waals surface area contributed by atoms with Crippen molar-refractivity contribution in [1.82, 2.24) is 10.2 Å². The number of thioether (sulfide) groups is 1. The third-order valence-electron chi connectivity index (χ3n) is 6.97. The maximum absolute atomic E-state index is 13.5. The van der Waals surface area contributed by atoms with Gasteiger partial charge in [-0.15, -0.1) is 0 Å². The molecule has 0 unspecified atom stereocenters. The smallest absolute Gasteiger partial charge is 0.259 e. The lowest BCUT2D eigenvalue weighted by molar-refractivity contribution is -0.125. The van der Waals surface area contributed by atoms with Crippen LogP contribution in [-0.4, -0.2) is 40.6 Å². The van der Waals surface area contributed by atoms with Crippen LogP contribution in [0.1, 0.15) is 40.7 Å². The number of amidine groups is 2. The topological polar surface area (TPSA) is 92.6 Å². The van der Waals surface area contributed by atoms with Gasteiger partial charge in [0.15, 0.2) is 16.7 Å².